The molecule has 0 N–H and O–H groups in total. The van der Waals surface area contributed by atoms with Crippen LogP contribution >= 0.6 is 0 Å². The molecule has 0 radical (unpaired) electrons. The zero-order valence-electron chi connectivity index (χ0n) is 52.7. The van der Waals surface area contributed by atoms with Gasteiger partial charge in [-0.2, -0.15) is 0 Å². The van der Waals surface area contributed by atoms with Gasteiger partial charge in [0.15, 0.2) is 0 Å². The van der Waals surface area contributed by atoms with Gasteiger partial charge in [-0.3, -0.25) is 0 Å². The third kappa shape index (κ3) is 9.12. The van der Waals surface area contributed by atoms with Crippen molar-refractivity contribution in [2.75, 3.05) is 9.80 Å². The summed E-state index contributed by atoms with van der Waals surface area (Å²) in [5, 5.41) is 7.40. The van der Waals surface area contributed by atoms with E-state index in [1.54, 1.807) is 0 Å². The zero-order chi connectivity index (χ0) is 62.6. The summed E-state index contributed by atoms with van der Waals surface area (Å²) in [6, 6.07) is 125. The van der Waals surface area contributed by atoms with Crippen molar-refractivity contribution >= 4 is 101 Å². The lowest BCUT2D eigenvalue weighted by atomic mass is 9.33. The van der Waals surface area contributed by atoms with Crippen LogP contribution in [0.3, 0.4) is 0 Å². The number of benzene rings is 15. The molecule has 2 aliphatic rings. The van der Waals surface area contributed by atoms with Gasteiger partial charge in [-0.1, -0.05) is 269 Å². The highest BCUT2D eigenvalue weighted by Gasteiger charge is 2.46. The van der Waals surface area contributed by atoms with Crippen LogP contribution in [0.25, 0.3) is 116 Å². The second-order valence-corrected chi connectivity index (χ2v) is 26.4. The molecule has 0 amide bonds. The fourth-order valence-corrected chi connectivity index (χ4v) is 15.3. The summed E-state index contributed by atoms with van der Waals surface area (Å²) in [4.78, 5) is 5.35. The topological polar surface area (TPSA) is 11.4 Å². The van der Waals surface area contributed by atoms with Gasteiger partial charge in [-0.25, -0.2) is 0 Å². The number of rotatable bonds is 9. The number of fused-ring (bicyclic) bond motifs is 9. The molecule has 18 rings (SSSR count). The summed E-state index contributed by atoms with van der Waals surface area (Å²) < 4.78 is 2.48. The van der Waals surface area contributed by atoms with E-state index in [-0.39, 0.29) is 12.1 Å². The summed E-state index contributed by atoms with van der Waals surface area (Å²) in [6.07, 6.45) is 0. The molecule has 0 saturated carbocycles. The van der Waals surface area contributed by atoms with Crippen LogP contribution < -0.4 is 26.2 Å². The van der Waals surface area contributed by atoms with Crippen LogP contribution in [0.5, 0.6) is 0 Å². The van der Waals surface area contributed by atoms with Gasteiger partial charge in [0.2, 0.25) is 0 Å². The standard InChI is InChI=1S/C90H64BN3/c1-90(2,3)72-56-86-88-87(57-72)94(89-77(62-31-15-7-16-32-62)53-71(60-27-11-5-12-28-60)54-78(89)63-33-17-8-18-34-63)84-55-69(66-41-42-67-49-64-35-19-20-36-65(64)50-70(67)51-66)43-46-79(84)91(88)80-47-45-73(92-81-39-23-21-37-74(81)75-38-22-24-40-82(75)92)58-85(80)93(86)83-48-44-68(59-25-9-4-10-26-59)52-76(83)61-29-13-6-14-30-61/h4-58H,1-3H3. The Kier molecular flexibility index (Phi) is 12.9. The average Bonchev–Trinajstić information content (AvgIpc) is 0.756. The highest BCUT2D eigenvalue weighted by Crippen LogP contribution is 2.54. The Hall–Kier alpha value is -11.7. The number of nitrogens with zero attached hydrogens (tertiary/aromatic N) is 3. The lowest BCUT2D eigenvalue weighted by molar-refractivity contribution is 0.590. The largest absolute Gasteiger partial charge is 0.311 e. The first kappa shape index (κ1) is 55.2. The van der Waals surface area contributed by atoms with Crippen molar-refractivity contribution in [2.24, 2.45) is 0 Å². The Labute approximate surface area is 549 Å². The molecule has 3 heterocycles. The number of para-hydroxylation sites is 2. The van der Waals surface area contributed by atoms with E-state index in [1.807, 2.05) is 0 Å². The van der Waals surface area contributed by atoms with E-state index in [4.69, 9.17) is 0 Å². The van der Waals surface area contributed by atoms with Gasteiger partial charge in [0.25, 0.3) is 6.71 Å². The predicted molar refractivity (Wildman–Crippen MR) is 401 cm³/mol. The van der Waals surface area contributed by atoms with Crippen molar-refractivity contribution in [3.63, 3.8) is 0 Å². The van der Waals surface area contributed by atoms with E-state index in [2.05, 4.69) is 369 Å². The molecule has 3 nitrogen and oxygen atoms in total. The van der Waals surface area contributed by atoms with Gasteiger partial charge < -0.3 is 14.4 Å². The van der Waals surface area contributed by atoms with Crippen LogP contribution in [0.2, 0.25) is 0 Å². The summed E-state index contributed by atoms with van der Waals surface area (Å²) in [6.45, 7) is 6.96. The van der Waals surface area contributed by atoms with E-state index in [1.165, 1.54) is 87.6 Å². The van der Waals surface area contributed by atoms with Crippen LogP contribution in [-0.2, 0) is 5.41 Å². The Bertz CT molecular complexity index is 5540. The van der Waals surface area contributed by atoms with Crippen LogP contribution in [-0.4, -0.2) is 11.3 Å². The quantitative estimate of drug-likeness (QED) is 0.105. The van der Waals surface area contributed by atoms with Crippen LogP contribution in [0.15, 0.2) is 334 Å². The molecule has 16 aromatic rings. The van der Waals surface area contributed by atoms with Crippen LogP contribution in [0, 0.1) is 0 Å². The van der Waals surface area contributed by atoms with Crippen molar-refractivity contribution in [3.05, 3.63) is 339 Å². The fourth-order valence-electron chi connectivity index (χ4n) is 15.3. The molecule has 2 aliphatic heterocycles. The number of hydrogen-bond donors (Lipinski definition) is 0. The fraction of sp³-hybridized carbons (Fsp3) is 0.0444. The minimum absolute atomic E-state index is 0.187. The third-order valence-electron chi connectivity index (χ3n) is 19.8. The maximum atomic E-state index is 2.70. The van der Waals surface area contributed by atoms with E-state index in [0.29, 0.717) is 0 Å². The normalized spacial score (nSPS) is 12.6. The summed E-state index contributed by atoms with van der Waals surface area (Å²) >= 11 is 0. The number of hydrogen-bond acceptors (Lipinski definition) is 2. The minimum atomic E-state index is -0.290. The molecule has 0 bridgehead atoms. The highest BCUT2D eigenvalue weighted by molar-refractivity contribution is 7.00. The molecule has 94 heavy (non-hydrogen) atoms. The molecule has 1 aromatic heterocycles. The molecule has 15 aromatic carbocycles. The van der Waals surface area contributed by atoms with Gasteiger partial charge >= 0.3 is 0 Å². The molecular weight excluding hydrogens is 1130 g/mol. The Morgan fingerprint density at radius 1 is 0.266 bits per heavy atom. The molecule has 4 heteroatoms. The van der Waals surface area contributed by atoms with Crippen LogP contribution in [0.1, 0.15) is 26.3 Å². The van der Waals surface area contributed by atoms with Crippen molar-refractivity contribution < 1.29 is 0 Å². The average molecular weight is 1200 g/mol. The monoisotopic (exact) mass is 1200 g/mol. The van der Waals surface area contributed by atoms with Gasteiger partial charge in [-0.05, 0) is 184 Å². The first-order valence-corrected chi connectivity index (χ1v) is 32.8. The summed E-state index contributed by atoms with van der Waals surface area (Å²) in [5.74, 6) is 0. The van der Waals surface area contributed by atoms with E-state index in [9.17, 15) is 0 Å². The van der Waals surface area contributed by atoms with Crippen molar-refractivity contribution in [1.82, 2.24) is 4.57 Å². The predicted octanol–water partition coefficient (Wildman–Crippen LogP) is 22.5. The Balaban J connectivity index is 0.984. The highest BCUT2D eigenvalue weighted by atomic mass is 15.2. The SMILES string of the molecule is CC(C)(C)c1cc2c3c(c1)N(c1c(-c4ccccc4)cc(-c4ccccc4)cc1-c1ccccc1)c1cc(-c4ccc5cc6ccccc6cc5c4)ccc1B3c1ccc(-n3c4ccccc4c4ccccc43)cc1N2c1ccc(-c2ccccc2)cc1-c1ccccc1. The van der Waals surface area contributed by atoms with Crippen molar-refractivity contribution in [1.29, 1.82) is 0 Å². The summed E-state index contributed by atoms with van der Waals surface area (Å²) in [5.41, 5.74) is 28.9. The third-order valence-corrected chi connectivity index (χ3v) is 19.8. The molecular formula is C90H64BN3. The molecule has 442 valence electrons. The molecule has 0 unspecified atom stereocenters. The number of anilines is 6. The lowest BCUT2D eigenvalue weighted by Gasteiger charge is -2.46. The van der Waals surface area contributed by atoms with Gasteiger partial charge in [-0.15, -0.1) is 0 Å². The smallest absolute Gasteiger partial charge is 0.252 e. The van der Waals surface area contributed by atoms with Crippen molar-refractivity contribution in [2.45, 2.75) is 26.2 Å². The van der Waals surface area contributed by atoms with Crippen LogP contribution in [0.4, 0.5) is 34.1 Å². The van der Waals surface area contributed by atoms with Gasteiger partial charge in [0.1, 0.15) is 0 Å². The van der Waals surface area contributed by atoms with Gasteiger partial charge in [0, 0.05) is 55.9 Å². The lowest BCUT2D eigenvalue weighted by Crippen LogP contribution is -2.61. The Morgan fingerprint density at radius 3 is 1.28 bits per heavy atom. The zero-order valence-corrected chi connectivity index (χ0v) is 52.7. The molecule has 0 saturated heterocycles. The maximum absolute atomic E-state index is 2.70. The minimum Gasteiger partial charge on any atom is -0.311 e. The molecule has 0 atom stereocenters. The second-order valence-electron chi connectivity index (χ2n) is 26.4. The second kappa shape index (κ2) is 22.0. The van der Waals surface area contributed by atoms with E-state index >= 15 is 0 Å². The van der Waals surface area contributed by atoms with E-state index in [0.717, 1.165) is 84.3 Å². The Morgan fingerprint density at radius 2 is 0.691 bits per heavy atom. The first-order valence-electron chi connectivity index (χ1n) is 32.8. The van der Waals surface area contributed by atoms with Gasteiger partial charge in [0.05, 0.1) is 22.4 Å². The first-order chi connectivity index (χ1) is 46.3. The molecule has 0 fully saturated rings. The van der Waals surface area contributed by atoms with E-state index < -0.39 is 0 Å². The van der Waals surface area contributed by atoms with Crippen molar-refractivity contribution in [3.8, 4) is 72.4 Å². The molecule has 0 spiro atoms. The molecule has 0 aliphatic carbocycles. The summed E-state index contributed by atoms with van der Waals surface area (Å²) in [7, 11) is 0. The maximum Gasteiger partial charge on any atom is 0.252 e. The number of aromatic nitrogens is 1.